The van der Waals surface area contributed by atoms with Crippen LogP contribution in [0.4, 0.5) is 10.1 Å². The van der Waals surface area contributed by atoms with E-state index in [2.05, 4.69) is 5.32 Å². The molecule has 2 rings (SSSR count). The van der Waals surface area contributed by atoms with Crippen molar-refractivity contribution in [3.05, 3.63) is 57.9 Å². The number of nitrogens with one attached hydrogen (secondary N) is 1. The Morgan fingerprint density at radius 1 is 1.45 bits per heavy atom. The van der Waals surface area contributed by atoms with Crippen LogP contribution < -0.4 is 5.32 Å². The van der Waals surface area contributed by atoms with Crippen LogP contribution >= 0.6 is 11.6 Å². The summed E-state index contributed by atoms with van der Waals surface area (Å²) in [5, 5.41) is 3.09. The number of hydrogen-bond acceptors (Lipinski definition) is 2. The molecule has 1 aliphatic rings. The molecule has 0 radical (unpaired) electrons. The fourth-order valence-corrected chi connectivity index (χ4v) is 2.08. The standard InChI is InChI=1S/C15H11ClFNO2/c1-9-10(8-19)5-12(17)7-14(9)15(20)18-13-4-2-3-11(16)6-13/h2-4,6-7H,5H2,1H3,(H,18,20). The monoisotopic (exact) mass is 291 g/mol. The molecular formula is C15H11ClFNO2. The number of amides is 1. The zero-order valence-corrected chi connectivity index (χ0v) is 11.4. The van der Waals surface area contributed by atoms with Crippen molar-refractivity contribution in [3.63, 3.8) is 0 Å². The van der Waals surface area contributed by atoms with Crippen molar-refractivity contribution in [2.24, 2.45) is 0 Å². The quantitative estimate of drug-likeness (QED) is 0.846. The van der Waals surface area contributed by atoms with E-state index >= 15 is 0 Å². The number of anilines is 1. The molecule has 0 saturated carbocycles. The highest BCUT2D eigenvalue weighted by atomic mass is 35.5. The topological polar surface area (TPSA) is 46.2 Å². The molecule has 1 amide bonds. The van der Waals surface area contributed by atoms with Gasteiger partial charge in [0.15, 0.2) is 0 Å². The lowest BCUT2D eigenvalue weighted by Gasteiger charge is -2.15. The summed E-state index contributed by atoms with van der Waals surface area (Å²) >= 11 is 5.82. The molecule has 0 fully saturated rings. The minimum Gasteiger partial charge on any atom is -0.322 e. The van der Waals surface area contributed by atoms with Crippen molar-refractivity contribution < 1.29 is 14.0 Å². The van der Waals surface area contributed by atoms with Crippen molar-refractivity contribution in [2.75, 3.05) is 5.32 Å². The van der Waals surface area contributed by atoms with Crippen LogP contribution in [0.5, 0.6) is 0 Å². The maximum absolute atomic E-state index is 13.4. The first kappa shape index (κ1) is 14.3. The molecule has 1 N–H and O–H groups in total. The van der Waals surface area contributed by atoms with Gasteiger partial charge in [0.1, 0.15) is 11.8 Å². The Morgan fingerprint density at radius 2 is 2.20 bits per heavy atom. The smallest absolute Gasteiger partial charge is 0.256 e. The molecule has 5 heteroatoms. The number of allylic oxidation sites excluding steroid dienone is 3. The zero-order chi connectivity index (χ0) is 14.7. The van der Waals surface area contributed by atoms with Crippen LogP contribution in [0.3, 0.4) is 0 Å². The normalized spacial score (nSPS) is 14.8. The van der Waals surface area contributed by atoms with E-state index < -0.39 is 11.7 Å². The Kier molecular flexibility index (Phi) is 4.18. The summed E-state index contributed by atoms with van der Waals surface area (Å²) in [5.41, 5.74) is 1.20. The van der Waals surface area contributed by atoms with Gasteiger partial charge in [0.05, 0.1) is 0 Å². The first-order valence-corrected chi connectivity index (χ1v) is 6.27. The Morgan fingerprint density at radius 3 is 2.85 bits per heavy atom. The van der Waals surface area contributed by atoms with Gasteiger partial charge in [0, 0.05) is 28.3 Å². The van der Waals surface area contributed by atoms with E-state index in [1.807, 2.05) is 0 Å². The SMILES string of the molecule is CC1=C(C(=O)Nc2cccc(Cl)c2)C=C(F)CC1=C=O. The van der Waals surface area contributed by atoms with Crippen molar-refractivity contribution in [2.45, 2.75) is 13.3 Å². The van der Waals surface area contributed by atoms with E-state index in [0.717, 1.165) is 6.08 Å². The molecule has 0 unspecified atom stereocenters. The minimum absolute atomic E-state index is 0.118. The second-order valence-corrected chi connectivity index (χ2v) is 4.79. The first-order chi connectivity index (χ1) is 9.51. The second-order valence-electron chi connectivity index (χ2n) is 4.35. The molecule has 0 saturated heterocycles. The van der Waals surface area contributed by atoms with Gasteiger partial charge in [0.2, 0.25) is 0 Å². The summed E-state index contributed by atoms with van der Waals surface area (Å²) in [7, 11) is 0. The fraction of sp³-hybridized carbons (Fsp3) is 0.133. The molecule has 1 aromatic carbocycles. The minimum atomic E-state index is -0.537. The van der Waals surface area contributed by atoms with E-state index in [1.54, 1.807) is 37.1 Å². The molecule has 0 heterocycles. The summed E-state index contributed by atoms with van der Waals surface area (Å²) in [6, 6.07) is 6.61. The third-order valence-electron chi connectivity index (χ3n) is 2.95. The van der Waals surface area contributed by atoms with Gasteiger partial charge in [-0.15, -0.1) is 0 Å². The molecule has 0 aromatic heterocycles. The van der Waals surface area contributed by atoms with E-state index in [9.17, 15) is 14.0 Å². The van der Waals surface area contributed by atoms with Crippen LogP contribution in [-0.4, -0.2) is 11.8 Å². The highest BCUT2D eigenvalue weighted by Crippen LogP contribution is 2.28. The van der Waals surface area contributed by atoms with Gasteiger partial charge in [-0.05, 0) is 36.8 Å². The van der Waals surface area contributed by atoms with Crippen molar-refractivity contribution >= 4 is 29.1 Å². The Labute approximate surface area is 120 Å². The Balaban J connectivity index is 2.31. The third-order valence-corrected chi connectivity index (χ3v) is 3.19. The summed E-state index contributed by atoms with van der Waals surface area (Å²) in [6.07, 6.45) is 1.01. The fourth-order valence-electron chi connectivity index (χ4n) is 1.89. The van der Waals surface area contributed by atoms with Crippen LogP contribution in [0.25, 0.3) is 0 Å². The summed E-state index contributed by atoms with van der Waals surface area (Å²) in [6.45, 7) is 1.59. The van der Waals surface area contributed by atoms with Crippen molar-refractivity contribution in [1.29, 1.82) is 0 Å². The van der Waals surface area contributed by atoms with E-state index in [-0.39, 0.29) is 17.6 Å². The average molecular weight is 292 g/mol. The largest absolute Gasteiger partial charge is 0.322 e. The van der Waals surface area contributed by atoms with Crippen LogP contribution in [0.15, 0.2) is 52.9 Å². The van der Waals surface area contributed by atoms with Crippen LogP contribution in [0.2, 0.25) is 5.02 Å². The predicted molar refractivity (Wildman–Crippen MR) is 75.8 cm³/mol. The molecule has 0 spiro atoms. The van der Waals surface area contributed by atoms with E-state index in [4.69, 9.17) is 11.6 Å². The molecule has 0 bridgehead atoms. The first-order valence-electron chi connectivity index (χ1n) is 5.89. The van der Waals surface area contributed by atoms with Gasteiger partial charge >= 0.3 is 0 Å². The molecule has 3 nitrogen and oxygen atoms in total. The van der Waals surface area contributed by atoms with E-state index in [1.165, 1.54) is 0 Å². The summed E-state index contributed by atoms with van der Waals surface area (Å²) in [5.74, 6) is 0.639. The van der Waals surface area contributed by atoms with Crippen LogP contribution in [-0.2, 0) is 9.59 Å². The predicted octanol–water partition coefficient (Wildman–Crippen LogP) is 3.61. The zero-order valence-electron chi connectivity index (χ0n) is 10.7. The number of carbonyl (C=O) groups is 1. The molecule has 1 aliphatic carbocycles. The molecule has 0 aliphatic heterocycles. The van der Waals surface area contributed by atoms with Gasteiger partial charge in [-0.3, -0.25) is 4.79 Å². The molecule has 0 atom stereocenters. The van der Waals surface area contributed by atoms with Gasteiger partial charge in [0.25, 0.3) is 5.91 Å². The van der Waals surface area contributed by atoms with Gasteiger partial charge in [-0.2, -0.15) is 0 Å². The summed E-state index contributed by atoms with van der Waals surface area (Å²) in [4.78, 5) is 22.9. The Bertz CT molecular complexity index is 685. The Hall–Kier alpha value is -2.16. The third kappa shape index (κ3) is 3.05. The number of halogens is 2. The highest BCUT2D eigenvalue weighted by molar-refractivity contribution is 6.31. The maximum Gasteiger partial charge on any atom is 0.256 e. The van der Waals surface area contributed by atoms with Crippen LogP contribution in [0, 0.1) is 0 Å². The summed E-state index contributed by atoms with van der Waals surface area (Å²) < 4.78 is 13.4. The lowest BCUT2D eigenvalue weighted by atomic mass is 9.93. The molecule has 102 valence electrons. The van der Waals surface area contributed by atoms with Crippen LogP contribution in [0.1, 0.15) is 13.3 Å². The van der Waals surface area contributed by atoms with Gasteiger partial charge in [-0.1, -0.05) is 17.7 Å². The lowest BCUT2D eigenvalue weighted by molar-refractivity contribution is -0.112. The highest BCUT2D eigenvalue weighted by Gasteiger charge is 2.21. The van der Waals surface area contributed by atoms with Crippen molar-refractivity contribution in [3.8, 4) is 0 Å². The van der Waals surface area contributed by atoms with E-state index in [0.29, 0.717) is 16.3 Å². The number of benzene rings is 1. The maximum atomic E-state index is 13.4. The number of rotatable bonds is 2. The molecular weight excluding hydrogens is 281 g/mol. The van der Waals surface area contributed by atoms with Gasteiger partial charge < -0.3 is 5.32 Å². The van der Waals surface area contributed by atoms with Gasteiger partial charge in [-0.25, -0.2) is 9.18 Å². The number of carbonyl (C=O) groups excluding carboxylic acids is 2. The number of hydrogen-bond donors (Lipinski definition) is 1. The average Bonchev–Trinajstić information content (AvgIpc) is 2.40. The molecule has 20 heavy (non-hydrogen) atoms. The van der Waals surface area contributed by atoms with Crippen molar-refractivity contribution in [1.82, 2.24) is 0 Å². The second kappa shape index (κ2) is 5.87. The molecule has 1 aromatic rings. The lowest BCUT2D eigenvalue weighted by Crippen LogP contribution is -2.17.